The topological polar surface area (TPSA) is 69.7 Å². The molecule has 1 aliphatic heterocycles. The van der Waals surface area contributed by atoms with E-state index in [0.29, 0.717) is 11.2 Å². The molecule has 0 spiro atoms. The van der Waals surface area contributed by atoms with Crippen LogP contribution in [-0.4, -0.2) is 35.3 Å². The van der Waals surface area contributed by atoms with Gasteiger partial charge in [0.25, 0.3) is 5.91 Å². The third kappa shape index (κ3) is 4.86. The number of aromatic nitrogens is 1. The summed E-state index contributed by atoms with van der Waals surface area (Å²) in [4.78, 5) is 16.6. The number of carbonyl (C=O) groups excluding carboxylic acids is 1. The van der Waals surface area contributed by atoms with Crippen molar-refractivity contribution in [1.29, 1.82) is 0 Å². The van der Waals surface area contributed by atoms with Crippen molar-refractivity contribution in [1.82, 2.24) is 4.98 Å². The van der Waals surface area contributed by atoms with Gasteiger partial charge in [0.15, 0.2) is 0 Å². The molecular weight excluding hydrogens is 436 g/mol. The van der Waals surface area contributed by atoms with Gasteiger partial charge >= 0.3 is 13.3 Å². The number of amides is 1. The third-order valence-electron chi connectivity index (χ3n) is 6.46. The van der Waals surface area contributed by atoms with Crippen LogP contribution in [0, 0.1) is 0 Å². The number of alkyl halides is 3. The Bertz CT molecular complexity index is 1040. The van der Waals surface area contributed by atoms with E-state index in [1.165, 1.54) is 0 Å². The van der Waals surface area contributed by atoms with Crippen molar-refractivity contribution in [2.24, 2.45) is 0 Å². The molecule has 1 N–H and O–H groups in total. The highest BCUT2D eigenvalue weighted by Gasteiger charge is 2.52. The number of benzene rings is 1. The highest BCUT2D eigenvalue weighted by atomic mass is 19.4. The summed E-state index contributed by atoms with van der Waals surface area (Å²) in [6.07, 6.45) is -0.602. The number of halogens is 3. The molecule has 0 radical (unpaired) electrons. The van der Waals surface area contributed by atoms with Crippen molar-refractivity contribution in [3.63, 3.8) is 0 Å². The fourth-order valence-electron chi connectivity index (χ4n) is 3.47. The number of rotatable bonds is 5. The van der Waals surface area contributed by atoms with Crippen molar-refractivity contribution >= 4 is 24.3 Å². The van der Waals surface area contributed by atoms with Crippen molar-refractivity contribution in [3.05, 3.63) is 47.7 Å². The zero-order chi connectivity index (χ0) is 24.0. The van der Waals surface area contributed by atoms with E-state index in [1.807, 2.05) is 27.7 Å². The molecular formula is C23H26BF3N2O4. The summed E-state index contributed by atoms with van der Waals surface area (Å²) in [5, 5.41) is 2.43. The van der Waals surface area contributed by atoms with E-state index >= 15 is 0 Å². The quantitative estimate of drug-likeness (QED) is 0.659. The van der Waals surface area contributed by atoms with Gasteiger partial charge in [0.2, 0.25) is 0 Å². The maximum atomic E-state index is 13.0. The molecule has 0 unspecified atom stereocenters. The van der Waals surface area contributed by atoms with Crippen molar-refractivity contribution in [2.45, 2.75) is 70.4 Å². The van der Waals surface area contributed by atoms with Gasteiger partial charge in [0.1, 0.15) is 11.6 Å². The predicted octanol–water partition coefficient (Wildman–Crippen LogP) is 4.58. The van der Waals surface area contributed by atoms with Crippen LogP contribution in [0.5, 0.6) is 5.75 Å². The smallest absolute Gasteiger partial charge is 0.491 e. The van der Waals surface area contributed by atoms with E-state index in [4.69, 9.17) is 14.0 Å². The lowest BCUT2D eigenvalue weighted by Gasteiger charge is -2.32. The number of ether oxygens (including phenoxy) is 1. The van der Waals surface area contributed by atoms with Gasteiger partial charge in [-0.15, -0.1) is 0 Å². The lowest BCUT2D eigenvalue weighted by Crippen LogP contribution is -2.41. The Balaban J connectivity index is 1.59. The van der Waals surface area contributed by atoms with E-state index in [9.17, 15) is 18.0 Å². The van der Waals surface area contributed by atoms with Crippen LogP contribution in [0.2, 0.25) is 0 Å². The molecule has 33 heavy (non-hydrogen) atoms. The number of pyridine rings is 1. The number of carbonyl (C=O) groups is 1. The van der Waals surface area contributed by atoms with Gasteiger partial charge in [0, 0.05) is 17.2 Å². The van der Waals surface area contributed by atoms with E-state index in [-0.39, 0.29) is 17.5 Å². The molecule has 1 saturated heterocycles. The van der Waals surface area contributed by atoms with Crippen molar-refractivity contribution in [3.8, 4) is 5.75 Å². The first kappa shape index (κ1) is 23.6. The molecule has 10 heteroatoms. The number of nitrogens with one attached hydrogen (secondary N) is 1. The lowest BCUT2D eigenvalue weighted by atomic mass is 9.77. The molecule has 6 nitrogen and oxygen atoms in total. The van der Waals surface area contributed by atoms with E-state index in [1.54, 1.807) is 18.2 Å². The Morgan fingerprint density at radius 2 is 1.79 bits per heavy atom. The van der Waals surface area contributed by atoms with E-state index in [2.05, 4.69) is 10.3 Å². The van der Waals surface area contributed by atoms with Gasteiger partial charge in [-0.05, 0) is 71.2 Å². The standard InChI is InChI=1S/C23H26BF3N2O4/c1-21(2)22(3,4)33-24(32-21)17-9-8-14(12-18(17)31-16-6-5-7-16)20(30)29-19-13-15(10-11-28-19)23(25,26)27/h8-13,16H,5-7H2,1-4H3,(H,28,29,30). The van der Waals surface area contributed by atoms with Crippen LogP contribution in [0.4, 0.5) is 19.0 Å². The normalized spacial score (nSPS) is 19.8. The summed E-state index contributed by atoms with van der Waals surface area (Å²) in [5.41, 5.74) is -1.09. The Kier molecular flexibility index (Phi) is 5.95. The minimum atomic E-state index is -4.53. The van der Waals surface area contributed by atoms with E-state index < -0.39 is 36.0 Å². The van der Waals surface area contributed by atoms with E-state index in [0.717, 1.165) is 37.6 Å². The molecule has 176 valence electrons. The highest BCUT2D eigenvalue weighted by Crippen LogP contribution is 2.38. The summed E-state index contributed by atoms with van der Waals surface area (Å²) >= 11 is 0. The van der Waals surface area contributed by atoms with Crippen LogP contribution in [0.1, 0.15) is 62.9 Å². The first-order valence-corrected chi connectivity index (χ1v) is 10.9. The molecule has 2 aromatic rings. The molecule has 1 amide bonds. The van der Waals surface area contributed by atoms with Gasteiger partial charge < -0.3 is 19.4 Å². The summed E-state index contributed by atoms with van der Waals surface area (Å²) in [5.74, 6) is -0.324. The van der Waals surface area contributed by atoms with Gasteiger partial charge in [-0.1, -0.05) is 6.07 Å². The maximum absolute atomic E-state index is 13.0. The zero-order valence-electron chi connectivity index (χ0n) is 19.0. The highest BCUT2D eigenvalue weighted by molar-refractivity contribution is 6.63. The summed E-state index contributed by atoms with van der Waals surface area (Å²) < 4.78 is 57.3. The second kappa shape index (κ2) is 8.32. The Hall–Kier alpha value is -2.59. The first-order valence-electron chi connectivity index (χ1n) is 10.9. The van der Waals surface area contributed by atoms with Crippen molar-refractivity contribution < 1.29 is 32.0 Å². The molecule has 1 saturated carbocycles. The molecule has 2 heterocycles. The van der Waals surface area contributed by atoms with Crippen molar-refractivity contribution in [2.75, 3.05) is 5.32 Å². The molecule has 2 fully saturated rings. The first-order chi connectivity index (χ1) is 15.4. The maximum Gasteiger partial charge on any atom is 0.498 e. The van der Waals surface area contributed by atoms with Crippen LogP contribution >= 0.6 is 0 Å². The average Bonchev–Trinajstić information content (AvgIpc) is 2.91. The largest absolute Gasteiger partial charge is 0.498 e. The average molecular weight is 462 g/mol. The minimum absolute atomic E-state index is 0.0367. The van der Waals surface area contributed by atoms with Gasteiger partial charge in [-0.3, -0.25) is 4.79 Å². The monoisotopic (exact) mass is 462 g/mol. The van der Waals surface area contributed by atoms with Crippen LogP contribution < -0.4 is 15.5 Å². The molecule has 1 aliphatic carbocycles. The second-order valence-electron chi connectivity index (χ2n) is 9.39. The Morgan fingerprint density at radius 3 is 2.36 bits per heavy atom. The fraction of sp³-hybridized carbons (Fsp3) is 0.478. The van der Waals surface area contributed by atoms with Crippen LogP contribution in [-0.2, 0) is 15.5 Å². The Labute approximate surface area is 191 Å². The van der Waals surface area contributed by atoms with Crippen LogP contribution in [0.3, 0.4) is 0 Å². The molecule has 1 aromatic heterocycles. The summed E-state index contributed by atoms with van der Waals surface area (Å²) in [6.45, 7) is 7.79. The molecule has 4 rings (SSSR count). The predicted molar refractivity (Wildman–Crippen MR) is 118 cm³/mol. The second-order valence-corrected chi connectivity index (χ2v) is 9.39. The number of hydrogen-bond acceptors (Lipinski definition) is 5. The number of anilines is 1. The zero-order valence-corrected chi connectivity index (χ0v) is 19.0. The lowest BCUT2D eigenvalue weighted by molar-refractivity contribution is -0.137. The van der Waals surface area contributed by atoms with Crippen LogP contribution in [0.25, 0.3) is 0 Å². The van der Waals surface area contributed by atoms with Gasteiger partial charge in [-0.2, -0.15) is 13.2 Å². The SMILES string of the molecule is CC1(C)OB(c2ccc(C(=O)Nc3cc(C(F)(F)F)ccn3)cc2OC2CCC2)OC1(C)C. The molecule has 0 bridgehead atoms. The fourth-order valence-corrected chi connectivity index (χ4v) is 3.47. The number of nitrogens with zero attached hydrogens (tertiary/aromatic N) is 1. The Morgan fingerprint density at radius 1 is 1.12 bits per heavy atom. The minimum Gasteiger partial charge on any atom is -0.491 e. The van der Waals surface area contributed by atoms with Gasteiger partial charge in [0.05, 0.1) is 22.9 Å². The molecule has 1 aromatic carbocycles. The summed E-state index contributed by atoms with van der Waals surface area (Å²) in [7, 11) is -0.674. The summed E-state index contributed by atoms with van der Waals surface area (Å²) in [6, 6.07) is 6.48. The third-order valence-corrected chi connectivity index (χ3v) is 6.46. The van der Waals surface area contributed by atoms with Gasteiger partial charge in [-0.25, -0.2) is 4.98 Å². The molecule has 2 aliphatic rings. The van der Waals surface area contributed by atoms with Crippen LogP contribution in [0.15, 0.2) is 36.5 Å². The number of hydrogen-bond donors (Lipinski definition) is 1. The molecule has 0 atom stereocenters.